The second kappa shape index (κ2) is 8.70. The number of para-hydroxylation sites is 2. The lowest BCUT2D eigenvalue weighted by Gasteiger charge is -2.13. The molecule has 7 nitrogen and oxygen atoms in total. The number of fused-ring (bicyclic) bond motifs is 2. The van der Waals surface area contributed by atoms with Gasteiger partial charge in [0.25, 0.3) is 5.91 Å². The van der Waals surface area contributed by atoms with Crippen LogP contribution in [0.15, 0.2) is 72.8 Å². The summed E-state index contributed by atoms with van der Waals surface area (Å²) in [6.45, 7) is 2.67. The lowest BCUT2D eigenvalue weighted by Crippen LogP contribution is -2.26. The molecule has 0 saturated carbocycles. The van der Waals surface area contributed by atoms with E-state index in [2.05, 4.69) is 16.7 Å². The Morgan fingerprint density at radius 3 is 2.64 bits per heavy atom. The van der Waals surface area contributed by atoms with Crippen molar-refractivity contribution in [3.8, 4) is 11.5 Å². The van der Waals surface area contributed by atoms with Gasteiger partial charge in [-0.25, -0.2) is 0 Å². The number of anilines is 1. The second-order valence-electron chi connectivity index (χ2n) is 7.89. The molecule has 0 bridgehead atoms. The van der Waals surface area contributed by atoms with Gasteiger partial charge in [-0.05, 0) is 54.3 Å². The van der Waals surface area contributed by atoms with E-state index in [4.69, 9.17) is 9.47 Å². The maximum atomic E-state index is 12.9. The molecule has 0 saturated heterocycles. The molecule has 3 aromatic carbocycles. The quantitative estimate of drug-likeness (QED) is 0.469. The topological polar surface area (TPSA) is 81.6 Å². The fourth-order valence-electron chi connectivity index (χ4n) is 4.01. The van der Waals surface area contributed by atoms with Crippen molar-refractivity contribution in [3.63, 3.8) is 0 Å². The Morgan fingerprint density at radius 2 is 1.73 bits per heavy atom. The molecule has 0 aliphatic carbocycles. The highest BCUT2D eigenvalue weighted by Gasteiger charge is 2.16. The molecule has 0 radical (unpaired) electrons. The number of nitrogens with zero attached hydrogens (tertiary/aromatic N) is 1. The van der Waals surface area contributed by atoms with Crippen LogP contribution in [-0.4, -0.2) is 23.2 Å². The van der Waals surface area contributed by atoms with Gasteiger partial charge in [-0.1, -0.05) is 36.4 Å². The Kier molecular flexibility index (Phi) is 5.44. The minimum Gasteiger partial charge on any atom is -0.454 e. The molecule has 1 aliphatic heterocycles. The van der Waals surface area contributed by atoms with Gasteiger partial charge in [-0.15, -0.1) is 0 Å². The number of ether oxygens (including phenoxy) is 2. The number of rotatable bonds is 6. The van der Waals surface area contributed by atoms with Gasteiger partial charge in [-0.2, -0.15) is 0 Å². The average Bonchev–Trinajstić information content (AvgIpc) is 3.41. The summed E-state index contributed by atoms with van der Waals surface area (Å²) in [5.41, 5.74) is 3.77. The van der Waals surface area contributed by atoms with Crippen LogP contribution in [-0.2, 0) is 17.9 Å². The van der Waals surface area contributed by atoms with Crippen LogP contribution in [0.5, 0.6) is 11.5 Å². The van der Waals surface area contributed by atoms with Crippen molar-refractivity contribution in [2.24, 2.45) is 0 Å². The van der Waals surface area contributed by atoms with Gasteiger partial charge in [0.2, 0.25) is 12.7 Å². The Hall–Kier alpha value is -4.26. The average molecular weight is 441 g/mol. The van der Waals surface area contributed by atoms with Crippen molar-refractivity contribution in [2.75, 3.05) is 12.1 Å². The molecule has 1 aromatic heterocycles. The summed E-state index contributed by atoms with van der Waals surface area (Å²) >= 11 is 0. The van der Waals surface area contributed by atoms with Crippen LogP contribution >= 0.6 is 0 Å². The molecule has 4 aromatic rings. The third-order valence-corrected chi connectivity index (χ3v) is 5.66. The fourth-order valence-corrected chi connectivity index (χ4v) is 4.01. The molecule has 0 unspecified atom stereocenters. The lowest BCUT2D eigenvalue weighted by atomic mass is 10.1. The van der Waals surface area contributed by atoms with Gasteiger partial charge < -0.3 is 24.7 Å². The van der Waals surface area contributed by atoms with Crippen molar-refractivity contribution in [1.82, 2.24) is 9.88 Å². The Labute approximate surface area is 190 Å². The zero-order valence-electron chi connectivity index (χ0n) is 18.1. The van der Waals surface area contributed by atoms with Gasteiger partial charge in [0.1, 0.15) is 6.54 Å². The summed E-state index contributed by atoms with van der Waals surface area (Å²) in [4.78, 5) is 25.7. The van der Waals surface area contributed by atoms with E-state index >= 15 is 0 Å². The van der Waals surface area contributed by atoms with Crippen molar-refractivity contribution >= 4 is 28.4 Å². The SMILES string of the molecule is Cc1cc2ccccc2n1CC(=O)Nc1ccccc1C(=O)NCc1ccc2c(c1)OCO2. The van der Waals surface area contributed by atoms with Crippen LogP contribution in [0.3, 0.4) is 0 Å². The maximum absolute atomic E-state index is 12.9. The summed E-state index contributed by atoms with van der Waals surface area (Å²) in [6, 6.07) is 22.5. The first kappa shape index (κ1) is 20.6. The number of benzene rings is 3. The summed E-state index contributed by atoms with van der Waals surface area (Å²) in [5.74, 6) is 0.896. The standard InChI is InChI=1S/C26H23N3O4/c1-17-12-19-6-2-5-9-22(19)29(17)15-25(30)28-21-8-4-3-7-20(21)26(31)27-14-18-10-11-23-24(13-18)33-16-32-23/h2-13H,14-16H2,1H3,(H,27,31)(H,28,30). The summed E-state index contributed by atoms with van der Waals surface area (Å²) in [6.07, 6.45) is 0. The molecule has 5 rings (SSSR count). The van der Waals surface area contributed by atoms with Crippen molar-refractivity contribution in [1.29, 1.82) is 0 Å². The van der Waals surface area contributed by atoms with E-state index < -0.39 is 0 Å². The molecule has 166 valence electrons. The number of nitrogens with one attached hydrogen (secondary N) is 2. The smallest absolute Gasteiger partial charge is 0.253 e. The van der Waals surface area contributed by atoms with Gasteiger partial charge >= 0.3 is 0 Å². The predicted octanol–water partition coefficient (Wildman–Crippen LogP) is 4.25. The molecule has 1 aliphatic rings. The Balaban J connectivity index is 1.27. The van der Waals surface area contributed by atoms with Crippen LogP contribution in [0.2, 0.25) is 0 Å². The van der Waals surface area contributed by atoms with E-state index in [-0.39, 0.29) is 25.2 Å². The molecule has 0 fully saturated rings. The van der Waals surface area contributed by atoms with Crippen molar-refractivity contribution in [2.45, 2.75) is 20.0 Å². The van der Waals surface area contributed by atoms with E-state index in [1.54, 1.807) is 24.3 Å². The maximum Gasteiger partial charge on any atom is 0.253 e. The highest BCUT2D eigenvalue weighted by atomic mass is 16.7. The van der Waals surface area contributed by atoms with Crippen LogP contribution in [0.1, 0.15) is 21.6 Å². The first-order valence-corrected chi connectivity index (χ1v) is 10.7. The highest BCUT2D eigenvalue weighted by Crippen LogP contribution is 2.32. The first-order valence-electron chi connectivity index (χ1n) is 10.7. The molecular weight excluding hydrogens is 418 g/mol. The summed E-state index contributed by atoms with van der Waals surface area (Å²) < 4.78 is 12.7. The van der Waals surface area contributed by atoms with E-state index in [1.165, 1.54) is 0 Å². The summed E-state index contributed by atoms with van der Waals surface area (Å²) in [7, 11) is 0. The second-order valence-corrected chi connectivity index (χ2v) is 7.89. The van der Waals surface area contributed by atoms with Gasteiger partial charge in [0.15, 0.2) is 11.5 Å². The van der Waals surface area contributed by atoms with E-state index in [9.17, 15) is 9.59 Å². The monoisotopic (exact) mass is 441 g/mol. The molecule has 2 N–H and O–H groups in total. The zero-order valence-corrected chi connectivity index (χ0v) is 18.1. The largest absolute Gasteiger partial charge is 0.454 e. The molecule has 2 amide bonds. The van der Waals surface area contributed by atoms with Crippen molar-refractivity contribution in [3.05, 3.63) is 89.6 Å². The number of aryl methyl sites for hydroxylation is 1. The lowest BCUT2D eigenvalue weighted by molar-refractivity contribution is -0.116. The van der Waals surface area contributed by atoms with Crippen LogP contribution in [0.4, 0.5) is 5.69 Å². The molecule has 2 heterocycles. The van der Waals surface area contributed by atoms with E-state index in [0.29, 0.717) is 29.3 Å². The number of hydrogen-bond acceptors (Lipinski definition) is 4. The minimum atomic E-state index is -0.272. The van der Waals surface area contributed by atoms with Gasteiger partial charge in [-0.3, -0.25) is 9.59 Å². The predicted molar refractivity (Wildman–Crippen MR) is 125 cm³/mol. The van der Waals surface area contributed by atoms with Crippen LogP contribution < -0.4 is 20.1 Å². The zero-order chi connectivity index (χ0) is 22.8. The van der Waals surface area contributed by atoms with Gasteiger partial charge in [0.05, 0.1) is 11.3 Å². The molecule has 33 heavy (non-hydrogen) atoms. The molecule has 0 atom stereocenters. The molecule has 7 heteroatoms. The first-order chi connectivity index (χ1) is 16.1. The third-order valence-electron chi connectivity index (χ3n) is 5.66. The minimum absolute atomic E-state index is 0.159. The Bertz CT molecular complexity index is 1360. The number of carbonyl (C=O) groups is 2. The number of amides is 2. The highest BCUT2D eigenvalue weighted by molar-refractivity contribution is 6.03. The van der Waals surface area contributed by atoms with E-state index in [0.717, 1.165) is 22.2 Å². The molecule has 0 spiro atoms. The van der Waals surface area contributed by atoms with E-state index in [1.807, 2.05) is 54.0 Å². The Morgan fingerprint density at radius 1 is 0.939 bits per heavy atom. The molecular formula is C26H23N3O4. The van der Waals surface area contributed by atoms with Crippen LogP contribution in [0, 0.1) is 6.92 Å². The number of hydrogen-bond donors (Lipinski definition) is 2. The van der Waals surface area contributed by atoms with Crippen LogP contribution in [0.25, 0.3) is 10.9 Å². The number of carbonyl (C=O) groups excluding carboxylic acids is 2. The fraction of sp³-hybridized carbons (Fsp3) is 0.154. The van der Waals surface area contributed by atoms with Crippen molar-refractivity contribution < 1.29 is 19.1 Å². The normalized spacial score (nSPS) is 12.0. The number of aromatic nitrogens is 1. The van der Waals surface area contributed by atoms with Gasteiger partial charge in [0, 0.05) is 17.8 Å². The summed E-state index contributed by atoms with van der Waals surface area (Å²) in [5, 5.41) is 6.89. The third kappa shape index (κ3) is 4.25.